The molecule has 1 atom stereocenters. The minimum atomic E-state index is -0.478. The molecule has 3 nitrogen and oxygen atoms in total. The van der Waals surface area contributed by atoms with E-state index in [-0.39, 0.29) is 12.6 Å². The first-order chi connectivity index (χ1) is 8.86. The minimum Gasteiger partial charge on any atom is -0.491 e. The number of methoxy groups -OCH3 is 1. The lowest BCUT2D eigenvalue weighted by Gasteiger charge is -2.17. The monoisotopic (exact) mass is 348 g/mol. The van der Waals surface area contributed by atoms with Gasteiger partial charge in [-0.1, -0.05) is 41.4 Å². The molecule has 0 saturated heterocycles. The lowest BCUT2D eigenvalue weighted by atomic mass is 10.0. The number of hydrogen-bond acceptors (Lipinski definition) is 3. The van der Waals surface area contributed by atoms with Crippen LogP contribution in [0.4, 0.5) is 0 Å². The number of rotatable bonds is 5. The van der Waals surface area contributed by atoms with E-state index in [1.807, 2.05) is 19.1 Å². The molecule has 19 heavy (non-hydrogen) atoms. The van der Waals surface area contributed by atoms with Crippen LogP contribution < -0.4 is 4.74 Å². The lowest BCUT2D eigenvalue weighted by Crippen LogP contribution is -2.23. The smallest absolute Gasteiger partial charge is 0.322 e. The standard InChI is InChI=1S/C14H18BrClO3/c1-8(2)10-6-12(16)9(3)5-13(10)19-7-11(15)14(17)18-4/h5-6,8,11H,7H2,1-4H3. The van der Waals surface area contributed by atoms with Gasteiger partial charge in [-0.3, -0.25) is 4.79 Å². The number of ether oxygens (including phenoxy) is 2. The van der Waals surface area contributed by atoms with Crippen LogP contribution in [0.2, 0.25) is 5.02 Å². The van der Waals surface area contributed by atoms with Gasteiger partial charge < -0.3 is 9.47 Å². The van der Waals surface area contributed by atoms with Crippen molar-refractivity contribution in [1.29, 1.82) is 0 Å². The Morgan fingerprint density at radius 2 is 2.05 bits per heavy atom. The van der Waals surface area contributed by atoms with Crippen molar-refractivity contribution in [3.05, 3.63) is 28.3 Å². The molecule has 0 aliphatic rings. The van der Waals surface area contributed by atoms with Crippen LogP contribution in [0.15, 0.2) is 12.1 Å². The average Bonchev–Trinajstić information content (AvgIpc) is 2.37. The first-order valence-corrected chi connectivity index (χ1v) is 7.31. The highest BCUT2D eigenvalue weighted by molar-refractivity contribution is 9.10. The molecular formula is C14H18BrClO3. The van der Waals surface area contributed by atoms with Gasteiger partial charge in [0.1, 0.15) is 17.2 Å². The fraction of sp³-hybridized carbons (Fsp3) is 0.500. The zero-order valence-corrected chi connectivity index (χ0v) is 13.8. The molecule has 0 amide bonds. The fourth-order valence-corrected chi connectivity index (χ4v) is 2.10. The molecule has 0 aliphatic carbocycles. The second-order valence-corrected chi connectivity index (χ2v) is 6.11. The number of benzene rings is 1. The molecule has 1 rings (SSSR count). The van der Waals surface area contributed by atoms with Gasteiger partial charge in [-0.2, -0.15) is 0 Å². The van der Waals surface area contributed by atoms with E-state index in [9.17, 15) is 4.79 Å². The van der Waals surface area contributed by atoms with Gasteiger partial charge in [0.15, 0.2) is 0 Å². The predicted molar refractivity (Wildman–Crippen MR) is 80.5 cm³/mol. The van der Waals surface area contributed by atoms with Crippen LogP contribution in [0.25, 0.3) is 0 Å². The minimum absolute atomic E-state index is 0.216. The Bertz CT molecular complexity index is 460. The van der Waals surface area contributed by atoms with Crippen LogP contribution >= 0.6 is 27.5 Å². The Morgan fingerprint density at radius 3 is 2.58 bits per heavy atom. The van der Waals surface area contributed by atoms with Crippen LogP contribution in [-0.4, -0.2) is 24.5 Å². The summed E-state index contributed by atoms with van der Waals surface area (Å²) >= 11 is 9.36. The Hall–Kier alpha value is -0.740. The topological polar surface area (TPSA) is 35.5 Å². The number of carbonyl (C=O) groups is 1. The number of carbonyl (C=O) groups excluding carboxylic acids is 1. The van der Waals surface area contributed by atoms with Gasteiger partial charge in [0.2, 0.25) is 0 Å². The molecule has 5 heteroatoms. The van der Waals surface area contributed by atoms with Gasteiger partial charge in [0.05, 0.1) is 7.11 Å². The van der Waals surface area contributed by atoms with Crippen LogP contribution in [0.5, 0.6) is 5.75 Å². The van der Waals surface area contributed by atoms with Gasteiger partial charge in [0, 0.05) is 5.02 Å². The summed E-state index contributed by atoms with van der Waals surface area (Å²) in [6.07, 6.45) is 0. The van der Waals surface area contributed by atoms with E-state index >= 15 is 0 Å². The SMILES string of the molecule is COC(=O)C(Br)COc1cc(C)c(Cl)cc1C(C)C. The summed E-state index contributed by atoms with van der Waals surface area (Å²) in [6.45, 7) is 6.28. The molecule has 1 unspecified atom stereocenters. The highest BCUT2D eigenvalue weighted by Gasteiger charge is 2.18. The van der Waals surface area contributed by atoms with Crippen LogP contribution in [-0.2, 0) is 9.53 Å². The molecule has 0 N–H and O–H groups in total. The molecule has 106 valence electrons. The number of aryl methyl sites for hydroxylation is 1. The van der Waals surface area contributed by atoms with E-state index in [2.05, 4.69) is 34.5 Å². The molecule has 1 aromatic rings. The Labute approximate surface area is 127 Å². The highest BCUT2D eigenvalue weighted by atomic mass is 79.9. The Balaban J connectivity index is 2.88. The van der Waals surface area contributed by atoms with Crippen LogP contribution in [0.3, 0.4) is 0 Å². The number of alkyl halides is 1. The second kappa shape index (κ2) is 7.15. The average molecular weight is 350 g/mol. The van der Waals surface area contributed by atoms with Crippen LogP contribution in [0.1, 0.15) is 30.9 Å². The molecule has 0 aliphatic heterocycles. The van der Waals surface area contributed by atoms with Gasteiger partial charge in [-0.25, -0.2) is 0 Å². The summed E-state index contributed by atoms with van der Waals surface area (Å²) in [5, 5.41) is 0.722. The molecule has 0 fully saturated rings. The maximum Gasteiger partial charge on any atom is 0.322 e. The van der Waals surface area contributed by atoms with Crippen molar-refractivity contribution < 1.29 is 14.3 Å². The third-order valence-corrected chi connectivity index (χ3v) is 3.80. The quantitative estimate of drug-likeness (QED) is 0.593. The van der Waals surface area contributed by atoms with Gasteiger partial charge in [0.25, 0.3) is 0 Å². The molecule has 0 bridgehead atoms. The zero-order valence-electron chi connectivity index (χ0n) is 11.5. The summed E-state index contributed by atoms with van der Waals surface area (Å²) in [5.74, 6) is 0.696. The Kier molecular flexibility index (Phi) is 6.14. The molecule has 1 aromatic carbocycles. The summed E-state index contributed by atoms with van der Waals surface area (Å²) < 4.78 is 10.3. The van der Waals surface area contributed by atoms with E-state index in [1.165, 1.54) is 7.11 Å². The molecule has 0 spiro atoms. The summed E-state index contributed by atoms with van der Waals surface area (Å²) in [7, 11) is 1.35. The maximum absolute atomic E-state index is 11.3. The van der Waals surface area contributed by atoms with Gasteiger partial charge in [-0.15, -0.1) is 0 Å². The summed E-state index contributed by atoms with van der Waals surface area (Å²) in [4.78, 5) is 10.8. The van der Waals surface area contributed by atoms with Crippen molar-refractivity contribution in [1.82, 2.24) is 0 Å². The summed E-state index contributed by atoms with van der Waals surface area (Å²) in [5.41, 5.74) is 1.98. The van der Waals surface area contributed by atoms with Crippen molar-refractivity contribution >= 4 is 33.5 Å². The number of halogens is 2. The molecule has 0 aromatic heterocycles. The first kappa shape index (κ1) is 16.3. The van der Waals surface area contributed by atoms with Crippen molar-refractivity contribution in [2.75, 3.05) is 13.7 Å². The van der Waals surface area contributed by atoms with Crippen molar-refractivity contribution in [3.8, 4) is 5.75 Å². The van der Waals surface area contributed by atoms with E-state index in [4.69, 9.17) is 16.3 Å². The molecular weight excluding hydrogens is 332 g/mol. The maximum atomic E-state index is 11.3. The normalized spacial score (nSPS) is 12.4. The number of hydrogen-bond donors (Lipinski definition) is 0. The molecule has 0 heterocycles. The van der Waals surface area contributed by atoms with E-state index in [0.717, 1.165) is 21.9 Å². The van der Waals surface area contributed by atoms with Gasteiger partial charge in [-0.05, 0) is 36.1 Å². The number of esters is 1. The van der Waals surface area contributed by atoms with Gasteiger partial charge >= 0.3 is 5.97 Å². The molecule has 0 saturated carbocycles. The van der Waals surface area contributed by atoms with Crippen LogP contribution in [0, 0.1) is 6.92 Å². The van der Waals surface area contributed by atoms with E-state index < -0.39 is 4.83 Å². The second-order valence-electron chi connectivity index (χ2n) is 4.60. The van der Waals surface area contributed by atoms with E-state index in [1.54, 1.807) is 0 Å². The third-order valence-electron chi connectivity index (χ3n) is 2.76. The van der Waals surface area contributed by atoms with E-state index in [0.29, 0.717) is 5.92 Å². The first-order valence-electron chi connectivity index (χ1n) is 6.01. The fourth-order valence-electron chi connectivity index (χ4n) is 1.61. The van der Waals surface area contributed by atoms with Crippen molar-refractivity contribution in [3.63, 3.8) is 0 Å². The summed E-state index contributed by atoms with van der Waals surface area (Å²) in [6, 6.07) is 3.81. The molecule has 0 radical (unpaired) electrons. The largest absolute Gasteiger partial charge is 0.491 e. The lowest BCUT2D eigenvalue weighted by molar-refractivity contribution is -0.140. The third kappa shape index (κ3) is 4.39. The van der Waals surface area contributed by atoms with Crippen molar-refractivity contribution in [2.45, 2.75) is 31.5 Å². The zero-order chi connectivity index (χ0) is 14.6. The highest BCUT2D eigenvalue weighted by Crippen LogP contribution is 2.32. The Morgan fingerprint density at radius 1 is 1.42 bits per heavy atom. The van der Waals surface area contributed by atoms with Crippen molar-refractivity contribution in [2.24, 2.45) is 0 Å². The predicted octanol–water partition coefficient (Wildman–Crippen LogP) is 4.09.